The van der Waals surface area contributed by atoms with E-state index in [0.29, 0.717) is 19.4 Å². The number of hydrogen-bond acceptors (Lipinski definition) is 2. The summed E-state index contributed by atoms with van der Waals surface area (Å²) in [6, 6.07) is 8.17. The molecule has 0 aliphatic heterocycles. The molecule has 2 rings (SSSR count). The first-order valence-corrected chi connectivity index (χ1v) is 8.29. The van der Waals surface area contributed by atoms with Crippen molar-refractivity contribution in [2.45, 2.75) is 26.2 Å². The van der Waals surface area contributed by atoms with Crippen molar-refractivity contribution in [3.63, 3.8) is 0 Å². The van der Waals surface area contributed by atoms with E-state index in [-0.39, 0.29) is 5.75 Å². The van der Waals surface area contributed by atoms with Gasteiger partial charge in [0.15, 0.2) is 0 Å². The number of aromatic nitrogens is 1. The van der Waals surface area contributed by atoms with Gasteiger partial charge in [0.2, 0.25) is 10.0 Å². The first-order valence-electron chi connectivity index (χ1n) is 6.64. The standard InChI is InChI=1S/C14H20N2O2S/c1-2-3-10-19(17,18)16-9-6-12-4-5-13-7-8-15-14(13)11-12/h4-5,7-8,11,15-16H,2-3,6,9-10H2,1H3. The van der Waals surface area contributed by atoms with Gasteiger partial charge in [-0.3, -0.25) is 0 Å². The van der Waals surface area contributed by atoms with Gasteiger partial charge >= 0.3 is 0 Å². The molecule has 0 saturated heterocycles. The van der Waals surface area contributed by atoms with E-state index in [1.54, 1.807) is 0 Å². The summed E-state index contributed by atoms with van der Waals surface area (Å²) >= 11 is 0. The maximum atomic E-state index is 11.6. The highest BCUT2D eigenvalue weighted by Crippen LogP contribution is 2.14. The predicted octanol–water partition coefficient (Wildman–Crippen LogP) is 2.43. The maximum Gasteiger partial charge on any atom is 0.211 e. The van der Waals surface area contributed by atoms with E-state index in [2.05, 4.69) is 15.8 Å². The quantitative estimate of drug-likeness (QED) is 0.818. The molecule has 0 bridgehead atoms. The monoisotopic (exact) mass is 280 g/mol. The van der Waals surface area contributed by atoms with Crippen LogP contribution in [-0.4, -0.2) is 25.7 Å². The molecule has 1 aromatic carbocycles. The Kier molecular flexibility index (Phi) is 4.61. The van der Waals surface area contributed by atoms with Gasteiger partial charge in [-0.05, 0) is 35.9 Å². The first-order chi connectivity index (χ1) is 9.11. The average Bonchev–Trinajstić information content (AvgIpc) is 2.83. The molecule has 19 heavy (non-hydrogen) atoms. The minimum atomic E-state index is -3.10. The second-order valence-corrected chi connectivity index (χ2v) is 6.64. The number of aromatic amines is 1. The fourth-order valence-corrected chi connectivity index (χ4v) is 3.23. The SMILES string of the molecule is CCCCS(=O)(=O)NCCc1ccc2cc[nH]c2c1. The lowest BCUT2D eigenvalue weighted by Crippen LogP contribution is -2.28. The third kappa shape index (κ3) is 4.08. The van der Waals surface area contributed by atoms with Crippen LogP contribution in [0.4, 0.5) is 0 Å². The Morgan fingerprint density at radius 3 is 2.89 bits per heavy atom. The summed E-state index contributed by atoms with van der Waals surface area (Å²) in [5.74, 6) is 0.221. The molecule has 0 unspecified atom stereocenters. The Morgan fingerprint density at radius 2 is 2.11 bits per heavy atom. The highest BCUT2D eigenvalue weighted by Gasteiger charge is 2.08. The van der Waals surface area contributed by atoms with Crippen LogP contribution in [0.15, 0.2) is 30.5 Å². The molecule has 5 heteroatoms. The van der Waals surface area contributed by atoms with E-state index in [1.807, 2.05) is 31.3 Å². The van der Waals surface area contributed by atoms with Gasteiger partial charge < -0.3 is 4.98 Å². The van der Waals surface area contributed by atoms with E-state index in [1.165, 1.54) is 5.39 Å². The summed E-state index contributed by atoms with van der Waals surface area (Å²) in [5.41, 5.74) is 2.22. The third-order valence-corrected chi connectivity index (χ3v) is 4.59. The van der Waals surface area contributed by atoms with Gasteiger partial charge in [0.25, 0.3) is 0 Å². The number of nitrogens with one attached hydrogen (secondary N) is 2. The van der Waals surface area contributed by atoms with Crippen LogP contribution in [0.3, 0.4) is 0 Å². The van der Waals surface area contributed by atoms with Crippen molar-refractivity contribution in [2.75, 3.05) is 12.3 Å². The van der Waals surface area contributed by atoms with E-state index in [0.717, 1.165) is 17.5 Å². The Balaban J connectivity index is 1.88. The van der Waals surface area contributed by atoms with E-state index in [9.17, 15) is 8.42 Å². The van der Waals surface area contributed by atoms with Crippen molar-refractivity contribution < 1.29 is 8.42 Å². The lowest BCUT2D eigenvalue weighted by Gasteiger charge is -2.06. The largest absolute Gasteiger partial charge is 0.361 e. The zero-order valence-electron chi connectivity index (χ0n) is 11.1. The number of hydrogen-bond donors (Lipinski definition) is 2. The third-order valence-electron chi connectivity index (χ3n) is 3.12. The van der Waals surface area contributed by atoms with Gasteiger partial charge in [0.1, 0.15) is 0 Å². The minimum Gasteiger partial charge on any atom is -0.361 e. The molecule has 0 amide bonds. The lowest BCUT2D eigenvalue weighted by atomic mass is 10.1. The second kappa shape index (κ2) is 6.21. The Morgan fingerprint density at radius 1 is 1.26 bits per heavy atom. The van der Waals surface area contributed by atoms with Crippen LogP contribution in [0.2, 0.25) is 0 Å². The Hall–Kier alpha value is -1.33. The summed E-state index contributed by atoms with van der Waals surface area (Å²) in [4.78, 5) is 3.16. The molecule has 0 atom stereocenters. The van der Waals surface area contributed by atoms with E-state index >= 15 is 0 Å². The predicted molar refractivity (Wildman–Crippen MR) is 78.7 cm³/mol. The van der Waals surface area contributed by atoms with Crippen LogP contribution in [0.1, 0.15) is 25.3 Å². The zero-order valence-corrected chi connectivity index (χ0v) is 12.0. The summed E-state index contributed by atoms with van der Waals surface area (Å²) in [6.45, 7) is 2.44. The van der Waals surface area contributed by atoms with Crippen molar-refractivity contribution in [1.29, 1.82) is 0 Å². The molecule has 0 saturated carbocycles. The topological polar surface area (TPSA) is 62.0 Å². The Labute approximate surface area is 114 Å². The van der Waals surface area contributed by atoms with Gasteiger partial charge in [0, 0.05) is 18.3 Å². The molecule has 0 radical (unpaired) electrons. The second-order valence-electron chi connectivity index (χ2n) is 4.72. The van der Waals surface area contributed by atoms with Crippen molar-refractivity contribution in [3.05, 3.63) is 36.0 Å². The molecule has 2 N–H and O–H groups in total. The number of fused-ring (bicyclic) bond motifs is 1. The molecule has 4 nitrogen and oxygen atoms in total. The summed E-state index contributed by atoms with van der Waals surface area (Å²) in [5, 5.41) is 1.17. The van der Waals surface area contributed by atoms with Crippen LogP contribution in [0.25, 0.3) is 10.9 Å². The molecule has 0 aliphatic rings. The maximum absolute atomic E-state index is 11.6. The molecule has 0 aliphatic carbocycles. The van der Waals surface area contributed by atoms with E-state index < -0.39 is 10.0 Å². The van der Waals surface area contributed by atoms with Crippen LogP contribution < -0.4 is 4.72 Å². The van der Waals surface area contributed by atoms with Crippen LogP contribution in [0.5, 0.6) is 0 Å². The number of sulfonamides is 1. The van der Waals surface area contributed by atoms with E-state index in [4.69, 9.17) is 0 Å². The highest BCUT2D eigenvalue weighted by atomic mass is 32.2. The van der Waals surface area contributed by atoms with Crippen molar-refractivity contribution in [2.24, 2.45) is 0 Å². The summed E-state index contributed by atoms with van der Waals surface area (Å²) in [7, 11) is -3.10. The Bertz CT molecular complexity index is 632. The molecule has 0 fully saturated rings. The highest BCUT2D eigenvalue weighted by molar-refractivity contribution is 7.89. The van der Waals surface area contributed by atoms with Crippen molar-refractivity contribution in [1.82, 2.24) is 9.71 Å². The number of rotatable bonds is 7. The summed E-state index contributed by atoms with van der Waals surface area (Å²) in [6.07, 6.45) is 4.22. The smallest absolute Gasteiger partial charge is 0.211 e. The first kappa shape index (κ1) is 14.1. The molecular weight excluding hydrogens is 260 g/mol. The number of benzene rings is 1. The molecule has 104 valence electrons. The van der Waals surface area contributed by atoms with Crippen molar-refractivity contribution in [3.8, 4) is 0 Å². The van der Waals surface area contributed by atoms with Gasteiger partial charge in [-0.1, -0.05) is 25.5 Å². The summed E-state index contributed by atoms with van der Waals surface area (Å²) < 4.78 is 25.9. The lowest BCUT2D eigenvalue weighted by molar-refractivity contribution is 0.578. The zero-order chi connectivity index (χ0) is 13.7. The minimum absolute atomic E-state index is 0.221. The molecular formula is C14H20N2O2S. The fourth-order valence-electron chi connectivity index (χ4n) is 2.01. The number of unbranched alkanes of at least 4 members (excludes halogenated alkanes) is 1. The van der Waals surface area contributed by atoms with Crippen LogP contribution in [-0.2, 0) is 16.4 Å². The van der Waals surface area contributed by atoms with Crippen molar-refractivity contribution >= 4 is 20.9 Å². The normalized spacial score (nSPS) is 12.1. The average molecular weight is 280 g/mol. The van der Waals surface area contributed by atoms with Gasteiger partial charge in [-0.2, -0.15) is 0 Å². The number of H-pyrrole nitrogens is 1. The molecule has 0 spiro atoms. The molecule has 1 aromatic heterocycles. The van der Waals surface area contributed by atoms with Gasteiger partial charge in [0.05, 0.1) is 5.75 Å². The van der Waals surface area contributed by atoms with Crippen LogP contribution >= 0.6 is 0 Å². The van der Waals surface area contributed by atoms with Crippen LogP contribution in [0, 0.1) is 0 Å². The molecule has 2 aromatic rings. The van der Waals surface area contributed by atoms with Gasteiger partial charge in [-0.15, -0.1) is 0 Å². The fraction of sp³-hybridized carbons (Fsp3) is 0.429. The molecule has 1 heterocycles. The van der Waals surface area contributed by atoms with Gasteiger partial charge in [-0.25, -0.2) is 13.1 Å².